The molecule has 0 bridgehead atoms. The summed E-state index contributed by atoms with van der Waals surface area (Å²) >= 11 is 0. The van der Waals surface area contributed by atoms with Gasteiger partial charge >= 0.3 is 6.09 Å². The molecule has 0 aliphatic heterocycles. The molecule has 2 aromatic rings. The van der Waals surface area contributed by atoms with Crippen molar-refractivity contribution >= 4 is 17.7 Å². The predicted octanol–water partition coefficient (Wildman–Crippen LogP) is 5.09. The molecule has 166 valence electrons. The highest BCUT2D eigenvalue weighted by Crippen LogP contribution is 2.29. The minimum Gasteiger partial charge on any atom is -0.487 e. The predicted molar refractivity (Wildman–Crippen MR) is 123 cm³/mol. The first kappa shape index (κ1) is 24.0. The molecule has 2 aromatic carbocycles. The molecular weight excluding hydrogens is 392 g/mol. The number of anilines is 1. The number of nitrogens with one attached hydrogen (secondary N) is 1. The molecule has 6 heteroatoms. The quantitative estimate of drug-likeness (QED) is 0.600. The second kappa shape index (κ2) is 11.2. The fourth-order valence-corrected chi connectivity index (χ4v) is 2.70. The Morgan fingerprint density at radius 2 is 1.65 bits per heavy atom. The van der Waals surface area contributed by atoms with E-state index in [1.807, 2.05) is 74.5 Å². The number of hydrogen-bond acceptors (Lipinski definition) is 4. The molecule has 6 nitrogen and oxygen atoms in total. The van der Waals surface area contributed by atoms with Crippen LogP contribution in [0.1, 0.15) is 40.2 Å². The van der Waals surface area contributed by atoms with Gasteiger partial charge in [0.05, 0.1) is 5.69 Å². The van der Waals surface area contributed by atoms with Gasteiger partial charge in [0, 0.05) is 6.54 Å². The SMILES string of the molecule is CC(C)=CCN(C(=O)CNC(=O)OC(C)(C)C)c1ccccc1OCc1ccccc1. The van der Waals surface area contributed by atoms with Gasteiger partial charge in [-0.1, -0.05) is 54.1 Å². The number of rotatable bonds is 8. The minimum atomic E-state index is -0.632. The van der Waals surface area contributed by atoms with Crippen molar-refractivity contribution in [2.45, 2.75) is 46.8 Å². The number of carbonyl (C=O) groups excluding carboxylic acids is 2. The number of alkyl carbamates (subject to hydrolysis) is 1. The fraction of sp³-hybridized carbons (Fsp3) is 0.360. The Kier molecular flexibility index (Phi) is 8.67. The molecule has 0 atom stereocenters. The van der Waals surface area contributed by atoms with Gasteiger partial charge in [-0.25, -0.2) is 4.79 Å². The summed E-state index contributed by atoms with van der Waals surface area (Å²) in [6, 6.07) is 17.2. The topological polar surface area (TPSA) is 67.9 Å². The number of amides is 2. The molecule has 0 heterocycles. The van der Waals surface area contributed by atoms with Gasteiger partial charge in [0.15, 0.2) is 0 Å². The summed E-state index contributed by atoms with van der Waals surface area (Å²) in [7, 11) is 0. The molecule has 2 rings (SSSR count). The Bertz CT molecular complexity index is 897. The van der Waals surface area contributed by atoms with E-state index in [4.69, 9.17) is 9.47 Å². The maximum absolute atomic E-state index is 13.0. The molecule has 0 aromatic heterocycles. The van der Waals surface area contributed by atoms with Gasteiger partial charge in [-0.05, 0) is 52.3 Å². The van der Waals surface area contributed by atoms with Crippen molar-refractivity contribution < 1.29 is 19.1 Å². The number of allylic oxidation sites excluding steroid dienone is 1. The average Bonchev–Trinajstić information content (AvgIpc) is 2.71. The molecule has 2 amide bonds. The van der Waals surface area contributed by atoms with Gasteiger partial charge < -0.3 is 19.7 Å². The lowest BCUT2D eigenvalue weighted by molar-refractivity contribution is -0.117. The Morgan fingerprint density at radius 1 is 1.00 bits per heavy atom. The molecule has 0 fully saturated rings. The number of hydrogen-bond donors (Lipinski definition) is 1. The van der Waals surface area contributed by atoms with E-state index in [9.17, 15) is 9.59 Å². The Balaban J connectivity index is 2.18. The Labute approximate surface area is 184 Å². The number of para-hydroxylation sites is 2. The molecule has 0 aliphatic rings. The van der Waals surface area contributed by atoms with Crippen LogP contribution in [0, 0.1) is 0 Å². The molecule has 31 heavy (non-hydrogen) atoms. The van der Waals surface area contributed by atoms with Crippen molar-refractivity contribution in [2.24, 2.45) is 0 Å². The lowest BCUT2D eigenvalue weighted by Gasteiger charge is -2.25. The molecule has 1 N–H and O–H groups in total. The summed E-state index contributed by atoms with van der Waals surface area (Å²) in [5, 5.41) is 2.54. The van der Waals surface area contributed by atoms with Crippen molar-refractivity contribution in [1.29, 1.82) is 0 Å². The van der Waals surface area contributed by atoms with Crippen LogP contribution in [0.5, 0.6) is 5.75 Å². The highest BCUT2D eigenvalue weighted by atomic mass is 16.6. The standard InChI is InChI=1S/C25H32N2O4/c1-19(2)15-16-27(23(28)17-26-24(29)31-25(3,4)5)21-13-9-10-14-22(21)30-18-20-11-7-6-8-12-20/h6-15H,16-18H2,1-5H3,(H,26,29). The maximum atomic E-state index is 13.0. The van der Waals surface area contributed by atoms with Crippen molar-refractivity contribution in [2.75, 3.05) is 18.0 Å². The number of benzene rings is 2. The normalized spacial score (nSPS) is 10.7. The Morgan fingerprint density at radius 3 is 2.29 bits per heavy atom. The van der Waals surface area contributed by atoms with E-state index < -0.39 is 11.7 Å². The number of ether oxygens (including phenoxy) is 2. The summed E-state index contributed by atoms with van der Waals surface area (Å²) in [6.45, 7) is 9.83. The first-order valence-electron chi connectivity index (χ1n) is 10.3. The minimum absolute atomic E-state index is 0.182. The fourth-order valence-electron chi connectivity index (χ4n) is 2.70. The molecule has 0 saturated carbocycles. The maximum Gasteiger partial charge on any atom is 0.408 e. The van der Waals surface area contributed by atoms with Crippen LogP contribution < -0.4 is 15.0 Å². The molecule has 0 saturated heterocycles. The summed E-state index contributed by atoms with van der Waals surface area (Å²) in [5.74, 6) is 0.332. The Hall–Kier alpha value is -3.28. The summed E-state index contributed by atoms with van der Waals surface area (Å²) in [6.07, 6.45) is 1.33. The van der Waals surface area contributed by atoms with Gasteiger partial charge in [0.1, 0.15) is 24.5 Å². The first-order valence-corrected chi connectivity index (χ1v) is 10.3. The van der Waals surface area contributed by atoms with E-state index >= 15 is 0 Å². The summed E-state index contributed by atoms with van der Waals surface area (Å²) in [4.78, 5) is 26.6. The van der Waals surface area contributed by atoms with Gasteiger partial charge in [-0.2, -0.15) is 0 Å². The number of nitrogens with zero attached hydrogens (tertiary/aromatic N) is 1. The van der Waals surface area contributed by atoms with Crippen LogP contribution in [0.3, 0.4) is 0 Å². The third-order valence-corrected chi connectivity index (χ3v) is 4.16. The van der Waals surface area contributed by atoms with Crippen LogP contribution in [0.4, 0.5) is 10.5 Å². The van der Waals surface area contributed by atoms with Crippen LogP contribution in [0.25, 0.3) is 0 Å². The van der Waals surface area contributed by atoms with E-state index in [-0.39, 0.29) is 12.5 Å². The second-order valence-electron chi connectivity index (χ2n) is 8.38. The van der Waals surface area contributed by atoms with Crippen molar-refractivity contribution in [3.63, 3.8) is 0 Å². The van der Waals surface area contributed by atoms with Crippen LogP contribution >= 0.6 is 0 Å². The zero-order valence-corrected chi connectivity index (χ0v) is 19.0. The van der Waals surface area contributed by atoms with E-state index in [1.165, 1.54) is 0 Å². The average molecular weight is 425 g/mol. The van der Waals surface area contributed by atoms with Crippen LogP contribution in [0.2, 0.25) is 0 Å². The van der Waals surface area contributed by atoms with Crippen molar-refractivity contribution in [3.05, 3.63) is 71.8 Å². The molecule has 0 unspecified atom stereocenters. The third kappa shape index (κ3) is 8.54. The lowest BCUT2D eigenvalue weighted by atomic mass is 10.2. The van der Waals surface area contributed by atoms with Crippen LogP contribution in [-0.2, 0) is 16.1 Å². The van der Waals surface area contributed by atoms with Crippen molar-refractivity contribution in [1.82, 2.24) is 5.32 Å². The highest BCUT2D eigenvalue weighted by Gasteiger charge is 2.21. The largest absolute Gasteiger partial charge is 0.487 e. The molecule has 0 spiro atoms. The van der Waals surface area contributed by atoms with Gasteiger partial charge in [-0.15, -0.1) is 0 Å². The number of carbonyl (C=O) groups is 2. The second-order valence-corrected chi connectivity index (χ2v) is 8.38. The first-order chi connectivity index (χ1) is 14.7. The van der Waals surface area contributed by atoms with Crippen LogP contribution in [-0.4, -0.2) is 30.7 Å². The van der Waals surface area contributed by atoms with Crippen molar-refractivity contribution in [3.8, 4) is 5.75 Å². The summed E-state index contributed by atoms with van der Waals surface area (Å²) < 4.78 is 11.3. The monoisotopic (exact) mass is 424 g/mol. The highest BCUT2D eigenvalue weighted by molar-refractivity contribution is 5.97. The van der Waals surface area contributed by atoms with Crippen LogP contribution in [0.15, 0.2) is 66.2 Å². The molecule has 0 aliphatic carbocycles. The third-order valence-electron chi connectivity index (χ3n) is 4.16. The zero-order chi connectivity index (χ0) is 22.9. The summed E-state index contributed by atoms with van der Waals surface area (Å²) in [5.41, 5.74) is 2.13. The van der Waals surface area contributed by atoms with E-state index in [1.54, 1.807) is 25.7 Å². The zero-order valence-electron chi connectivity index (χ0n) is 19.0. The van der Waals surface area contributed by atoms with E-state index in [0.717, 1.165) is 11.1 Å². The molecular formula is C25H32N2O4. The van der Waals surface area contributed by atoms with E-state index in [0.29, 0.717) is 24.6 Å². The van der Waals surface area contributed by atoms with Gasteiger partial charge in [0.25, 0.3) is 0 Å². The lowest BCUT2D eigenvalue weighted by Crippen LogP contribution is -2.42. The van der Waals surface area contributed by atoms with E-state index in [2.05, 4.69) is 5.32 Å². The van der Waals surface area contributed by atoms with Gasteiger partial charge in [0.2, 0.25) is 5.91 Å². The molecule has 0 radical (unpaired) electrons. The van der Waals surface area contributed by atoms with Gasteiger partial charge in [-0.3, -0.25) is 4.79 Å². The smallest absolute Gasteiger partial charge is 0.408 e.